The van der Waals surface area contributed by atoms with E-state index < -0.39 is 25.6 Å². The lowest BCUT2D eigenvalue weighted by molar-refractivity contribution is 0.0996. The van der Waals surface area contributed by atoms with Gasteiger partial charge in [-0.25, -0.2) is 8.78 Å². The minimum absolute atomic E-state index is 0.152. The van der Waals surface area contributed by atoms with E-state index in [0.717, 1.165) is 6.20 Å². The molecule has 0 radical (unpaired) electrons. The number of nitrogens with zero attached hydrogens (tertiary/aromatic N) is 2. The predicted octanol–water partition coefficient (Wildman–Crippen LogP) is 2.80. The number of nitrogens with two attached hydrogens (primary N) is 1. The zero-order chi connectivity index (χ0) is 20.5. The summed E-state index contributed by atoms with van der Waals surface area (Å²) in [7, 11) is -1.59. The second-order valence-corrected chi connectivity index (χ2v) is 12.5. The number of benzene rings is 1. The summed E-state index contributed by atoms with van der Waals surface area (Å²) in [5, 5.41) is 3.10. The lowest BCUT2D eigenvalue weighted by atomic mass is 10.0. The fourth-order valence-corrected chi connectivity index (χ4v) is 3.39. The molecule has 0 unspecified atom stereocenters. The number of carbonyl (C=O) groups is 1. The summed E-state index contributed by atoms with van der Waals surface area (Å²) < 4.78 is 29.2. The van der Waals surface area contributed by atoms with Crippen LogP contribution in [-0.4, -0.2) is 38.1 Å². The highest BCUT2D eigenvalue weighted by Crippen LogP contribution is 2.34. The van der Waals surface area contributed by atoms with Crippen LogP contribution in [0.15, 0.2) is 30.6 Å². The number of anilines is 2. The van der Waals surface area contributed by atoms with Crippen molar-refractivity contribution in [2.24, 2.45) is 5.73 Å². The number of amides is 1. The summed E-state index contributed by atoms with van der Waals surface area (Å²) in [4.78, 5) is 17.2. The van der Waals surface area contributed by atoms with Crippen molar-refractivity contribution >= 4 is 25.4 Å². The molecule has 8 heteroatoms. The van der Waals surface area contributed by atoms with Crippen LogP contribution in [0.5, 0.6) is 0 Å². The number of aromatic nitrogens is 1. The van der Waals surface area contributed by atoms with Crippen molar-refractivity contribution in [2.45, 2.75) is 25.7 Å². The average molecular weight is 401 g/mol. The van der Waals surface area contributed by atoms with Crippen LogP contribution >= 0.6 is 0 Å². The molecule has 0 bridgehead atoms. The quantitative estimate of drug-likeness (QED) is 0.612. The Balaban J connectivity index is 2.09. The van der Waals surface area contributed by atoms with E-state index in [4.69, 9.17) is 5.73 Å². The molecule has 3 rings (SSSR count). The Labute approximate surface area is 164 Å². The van der Waals surface area contributed by atoms with Gasteiger partial charge in [0, 0.05) is 18.7 Å². The van der Waals surface area contributed by atoms with E-state index in [1.54, 1.807) is 17.0 Å². The van der Waals surface area contributed by atoms with Crippen LogP contribution in [0.1, 0.15) is 15.9 Å². The first kappa shape index (κ1) is 20.0. The highest BCUT2D eigenvalue weighted by Gasteiger charge is 2.32. The number of rotatable bonds is 4. The molecule has 1 saturated heterocycles. The van der Waals surface area contributed by atoms with Crippen LogP contribution in [0, 0.1) is 23.1 Å². The first-order chi connectivity index (χ1) is 13.2. The summed E-state index contributed by atoms with van der Waals surface area (Å²) in [5.74, 6) is 0.757. The van der Waals surface area contributed by atoms with Crippen molar-refractivity contribution < 1.29 is 13.6 Å². The van der Waals surface area contributed by atoms with Gasteiger partial charge in [0.1, 0.15) is 19.5 Å². The van der Waals surface area contributed by atoms with Gasteiger partial charge in [0.25, 0.3) is 5.91 Å². The summed E-state index contributed by atoms with van der Waals surface area (Å²) in [5.41, 5.74) is 9.22. The average Bonchev–Trinajstić information content (AvgIpc) is 2.55. The Kier molecular flexibility index (Phi) is 5.49. The van der Waals surface area contributed by atoms with E-state index in [2.05, 4.69) is 41.4 Å². The van der Waals surface area contributed by atoms with Gasteiger partial charge < -0.3 is 16.0 Å². The lowest BCUT2D eigenvalue weighted by Gasteiger charge is -2.40. The van der Waals surface area contributed by atoms with Crippen molar-refractivity contribution in [3.63, 3.8) is 0 Å². The number of pyridine rings is 1. The number of hydrogen-bond acceptors (Lipinski definition) is 4. The van der Waals surface area contributed by atoms with Crippen LogP contribution in [-0.2, 0) is 0 Å². The van der Waals surface area contributed by atoms with Gasteiger partial charge in [-0.05, 0) is 18.2 Å². The van der Waals surface area contributed by atoms with Gasteiger partial charge in [0.15, 0.2) is 5.82 Å². The van der Waals surface area contributed by atoms with Crippen molar-refractivity contribution in [1.29, 1.82) is 0 Å². The molecule has 28 heavy (non-hydrogen) atoms. The third-order valence-corrected chi connectivity index (χ3v) is 5.17. The van der Waals surface area contributed by atoms with E-state index in [1.807, 2.05) is 0 Å². The maximum Gasteiger partial charge on any atom is 0.253 e. The number of hydrogen-bond donors (Lipinski definition) is 2. The van der Waals surface area contributed by atoms with Gasteiger partial charge in [-0.2, -0.15) is 0 Å². The zero-order valence-electron chi connectivity index (χ0n) is 16.0. The van der Waals surface area contributed by atoms with Crippen molar-refractivity contribution in [3.8, 4) is 11.5 Å². The molecular formula is C20H22F2N4OSi. The summed E-state index contributed by atoms with van der Waals surface area (Å²) >= 11 is 0. The maximum absolute atomic E-state index is 15.0. The van der Waals surface area contributed by atoms with E-state index in [1.165, 1.54) is 12.3 Å². The van der Waals surface area contributed by atoms with Gasteiger partial charge in [-0.1, -0.05) is 25.6 Å². The van der Waals surface area contributed by atoms with Crippen molar-refractivity contribution in [3.05, 3.63) is 53.4 Å². The standard InChI is InChI=1S/C20H22F2N4OSi/c1-28(2,3)7-6-13-4-5-17(15(21)8-13)26(14-9-24-10-14)18-12-25-11-16(22)19(18)20(23)27/h4-5,8,11-12,14,24H,9-10H2,1-3H3,(H2,23,27). The third-order valence-electron chi connectivity index (χ3n) is 4.30. The third kappa shape index (κ3) is 4.21. The van der Waals surface area contributed by atoms with Gasteiger partial charge in [0.05, 0.1) is 29.8 Å². The van der Waals surface area contributed by atoms with E-state index in [-0.39, 0.29) is 23.0 Å². The molecule has 2 aromatic rings. The predicted molar refractivity (Wildman–Crippen MR) is 108 cm³/mol. The van der Waals surface area contributed by atoms with Crippen molar-refractivity contribution in [1.82, 2.24) is 10.3 Å². The second kappa shape index (κ2) is 7.70. The molecule has 1 aromatic carbocycles. The molecule has 0 aliphatic carbocycles. The summed E-state index contributed by atoms with van der Waals surface area (Å²) in [6.07, 6.45) is 2.26. The summed E-state index contributed by atoms with van der Waals surface area (Å²) in [6.45, 7) is 7.45. The fraction of sp³-hybridized carbons (Fsp3) is 0.300. The minimum Gasteiger partial charge on any atom is -0.365 e. The minimum atomic E-state index is -1.59. The molecule has 1 fully saturated rings. The lowest BCUT2D eigenvalue weighted by Crippen LogP contribution is -2.56. The van der Waals surface area contributed by atoms with Gasteiger partial charge in [-0.3, -0.25) is 9.78 Å². The number of primary amides is 1. The fourth-order valence-electron chi connectivity index (χ4n) is 2.87. The molecule has 1 aliphatic heterocycles. The monoisotopic (exact) mass is 400 g/mol. The van der Waals surface area contributed by atoms with Crippen LogP contribution < -0.4 is 16.0 Å². The molecule has 2 heterocycles. The van der Waals surface area contributed by atoms with Gasteiger partial charge >= 0.3 is 0 Å². The van der Waals surface area contributed by atoms with Crippen molar-refractivity contribution in [2.75, 3.05) is 18.0 Å². The summed E-state index contributed by atoms with van der Waals surface area (Å²) in [6, 6.07) is 4.52. The molecule has 0 saturated carbocycles. The highest BCUT2D eigenvalue weighted by atomic mass is 28.3. The molecule has 0 spiro atoms. The molecule has 5 nitrogen and oxygen atoms in total. The highest BCUT2D eigenvalue weighted by molar-refractivity contribution is 6.83. The molecule has 3 N–H and O–H groups in total. The van der Waals surface area contributed by atoms with Crippen LogP contribution in [0.2, 0.25) is 19.6 Å². The Morgan fingerprint density at radius 1 is 1.21 bits per heavy atom. The maximum atomic E-state index is 15.0. The smallest absolute Gasteiger partial charge is 0.253 e. The molecule has 0 atom stereocenters. The molecule has 1 aromatic heterocycles. The SMILES string of the molecule is C[Si](C)(C)C#Cc1ccc(N(c2cncc(F)c2C(N)=O)C2CNC2)c(F)c1. The first-order valence-electron chi connectivity index (χ1n) is 8.93. The van der Waals surface area contributed by atoms with Gasteiger partial charge in [-0.15, -0.1) is 5.54 Å². The van der Waals surface area contributed by atoms with E-state index in [9.17, 15) is 9.18 Å². The Morgan fingerprint density at radius 2 is 1.93 bits per heavy atom. The molecule has 1 aliphatic rings. The first-order valence-corrected chi connectivity index (χ1v) is 12.4. The largest absolute Gasteiger partial charge is 0.365 e. The Hall–Kier alpha value is -2.76. The topological polar surface area (TPSA) is 71.2 Å². The van der Waals surface area contributed by atoms with Gasteiger partial charge in [0.2, 0.25) is 0 Å². The van der Waals surface area contributed by atoms with Crippen LogP contribution in [0.4, 0.5) is 20.2 Å². The Morgan fingerprint density at radius 3 is 2.46 bits per heavy atom. The van der Waals surface area contributed by atoms with E-state index >= 15 is 4.39 Å². The molecule has 1 amide bonds. The number of nitrogens with one attached hydrogen (secondary N) is 1. The van der Waals surface area contributed by atoms with Crippen LogP contribution in [0.3, 0.4) is 0 Å². The Bertz CT molecular complexity index is 974. The zero-order valence-corrected chi connectivity index (χ0v) is 17.0. The van der Waals surface area contributed by atoms with Crippen LogP contribution in [0.25, 0.3) is 0 Å². The molecular weight excluding hydrogens is 378 g/mol. The molecule has 146 valence electrons. The second-order valence-electron chi connectivity index (χ2n) is 7.73. The van der Waals surface area contributed by atoms with E-state index in [0.29, 0.717) is 18.7 Å². The number of carbonyl (C=O) groups excluding carboxylic acids is 1. The normalized spacial score (nSPS) is 14.0. The number of halogens is 2.